The first kappa shape index (κ1) is 17.3. The van der Waals surface area contributed by atoms with Crippen molar-refractivity contribution in [3.63, 3.8) is 0 Å². The second-order valence-electron chi connectivity index (χ2n) is 5.12. The summed E-state index contributed by atoms with van der Waals surface area (Å²) >= 11 is 1.24. The molecule has 1 unspecified atom stereocenters. The Kier molecular flexibility index (Phi) is 5.65. The van der Waals surface area contributed by atoms with Crippen LogP contribution in [0.5, 0.6) is 0 Å². The van der Waals surface area contributed by atoms with Gasteiger partial charge in [0.05, 0.1) is 19.1 Å². The number of carbonyl (C=O) groups excluding carboxylic acids is 2. The molecule has 0 radical (unpaired) electrons. The van der Waals surface area contributed by atoms with Gasteiger partial charge in [-0.2, -0.15) is 0 Å². The van der Waals surface area contributed by atoms with Crippen LogP contribution in [0.25, 0.3) is 0 Å². The van der Waals surface area contributed by atoms with Gasteiger partial charge in [-0.25, -0.2) is 4.79 Å². The maximum absolute atomic E-state index is 11.9. The smallest absolute Gasteiger partial charge is 0.335 e. The Balaban J connectivity index is 2.21. The molecule has 2 rings (SSSR count). The highest BCUT2D eigenvalue weighted by Crippen LogP contribution is 2.41. The molecule has 1 aliphatic rings. The Morgan fingerprint density at radius 1 is 1.39 bits per heavy atom. The summed E-state index contributed by atoms with van der Waals surface area (Å²) in [5.41, 5.74) is 0.321. The predicted octanol–water partition coefficient (Wildman–Crippen LogP) is 2.43. The largest absolute Gasteiger partial charge is 0.478 e. The van der Waals surface area contributed by atoms with Gasteiger partial charge in [0.1, 0.15) is 5.25 Å². The summed E-state index contributed by atoms with van der Waals surface area (Å²) in [7, 11) is 1.27. The highest BCUT2D eigenvalue weighted by Gasteiger charge is 2.41. The van der Waals surface area contributed by atoms with Crippen LogP contribution in [0.2, 0.25) is 0 Å². The predicted molar refractivity (Wildman–Crippen MR) is 84.3 cm³/mol. The molecule has 1 N–H and O–H groups in total. The maximum Gasteiger partial charge on any atom is 0.335 e. The number of hydrogen-bond donors (Lipinski definition) is 1. The molecule has 0 saturated carbocycles. The molecule has 1 saturated heterocycles. The maximum atomic E-state index is 11.9. The standard InChI is InChI=1S/C16H18O6S/c1-3-9(10-6-4-5-7-11(10)14(18)19)16-22-15(20)12(23-16)8-13(17)21-2/h4-7,9,12,16H,3,8H2,1-2H3,(H,18,19)/t9-,12-,16?/m0/s1. The third-order valence-corrected chi connectivity index (χ3v) is 5.11. The number of methoxy groups -OCH3 is 1. The van der Waals surface area contributed by atoms with Crippen molar-refractivity contribution in [3.05, 3.63) is 35.4 Å². The number of carboxylic acid groups (broad SMARTS) is 1. The lowest BCUT2D eigenvalue weighted by atomic mass is 9.92. The highest BCUT2D eigenvalue weighted by molar-refractivity contribution is 8.01. The number of cyclic esters (lactones) is 1. The quantitative estimate of drug-likeness (QED) is 0.797. The normalized spacial score (nSPS) is 21.6. The lowest BCUT2D eigenvalue weighted by molar-refractivity contribution is -0.147. The van der Waals surface area contributed by atoms with E-state index in [1.165, 1.54) is 24.9 Å². The zero-order valence-corrected chi connectivity index (χ0v) is 13.7. The van der Waals surface area contributed by atoms with Crippen LogP contribution < -0.4 is 0 Å². The van der Waals surface area contributed by atoms with Gasteiger partial charge in [0.15, 0.2) is 5.44 Å². The first-order valence-electron chi connectivity index (χ1n) is 7.22. The van der Waals surface area contributed by atoms with E-state index in [1.807, 2.05) is 6.92 Å². The Labute approximate surface area is 138 Å². The number of carboxylic acids is 1. The molecule has 1 aliphatic heterocycles. The van der Waals surface area contributed by atoms with Crippen LogP contribution in [-0.4, -0.2) is 40.8 Å². The summed E-state index contributed by atoms with van der Waals surface area (Å²) in [6.07, 6.45) is 0.563. The molecule has 1 aromatic rings. The van der Waals surface area contributed by atoms with Crippen LogP contribution in [0.1, 0.15) is 41.6 Å². The monoisotopic (exact) mass is 338 g/mol. The van der Waals surface area contributed by atoms with Crippen molar-refractivity contribution >= 4 is 29.7 Å². The summed E-state index contributed by atoms with van der Waals surface area (Å²) < 4.78 is 9.96. The molecule has 0 spiro atoms. The number of aromatic carboxylic acids is 1. The second kappa shape index (κ2) is 7.50. The Bertz CT molecular complexity index is 614. The first-order chi connectivity index (χ1) is 11.0. The van der Waals surface area contributed by atoms with Gasteiger partial charge in [-0.15, -0.1) is 11.8 Å². The molecule has 23 heavy (non-hydrogen) atoms. The van der Waals surface area contributed by atoms with E-state index in [2.05, 4.69) is 4.74 Å². The van der Waals surface area contributed by atoms with Gasteiger partial charge in [0, 0.05) is 5.92 Å². The van der Waals surface area contributed by atoms with Gasteiger partial charge < -0.3 is 14.6 Å². The average molecular weight is 338 g/mol. The molecule has 0 amide bonds. The molecule has 1 fully saturated rings. The van der Waals surface area contributed by atoms with Crippen molar-refractivity contribution in [2.45, 2.75) is 36.4 Å². The Morgan fingerprint density at radius 3 is 2.70 bits per heavy atom. The fourth-order valence-corrected chi connectivity index (χ4v) is 3.95. The van der Waals surface area contributed by atoms with Crippen molar-refractivity contribution in [2.75, 3.05) is 7.11 Å². The Hall–Kier alpha value is -2.02. The number of esters is 2. The number of thioether (sulfide) groups is 1. The fraction of sp³-hybridized carbons (Fsp3) is 0.438. The number of carbonyl (C=O) groups is 3. The van der Waals surface area contributed by atoms with E-state index < -0.39 is 28.6 Å². The Morgan fingerprint density at radius 2 is 2.09 bits per heavy atom. The number of ether oxygens (including phenoxy) is 2. The minimum Gasteiger partial charge on any atom is -0.478 e. The van der Waals surface area contributed by atoms with Gasteiger partial charge in [0.2, 0.25) is 0 Å². The SMILES string of the molecule is CC[C@@H](c1ccccc1C(=O)O)C1OC(=O)[C@H](CC(=O)OC)S1. The molecule has 124 valence electrons. The number of rotatable bonds is 6. The van der Waals surface area contributed by atoms with Gasteiger partial charge in [-0.3, -0.25) is 9.59 Å². The first-order valence-corrected chi connectivity index (χ1v) is 8.17. The summed E-state index contributed by atoms with van der Waals surface area (Å²) in [5.74, 6) is -2.20. The third kappa shape index (κ3) is 3.85. The topological polar surface area (TPSA) is 89.9 Å². The fourth-order valence-electron chi connectivity index (χ4n) is 2.55. The van der Waals surface area contributed by atoms with E-state index in [0.29, 0.717) is 12.0 Å². The average Bonchev–Trinajstić information content (AvgIpc) is 2.88. The summed E-state index contributed by atoms with van der Waals surface area (Å²) in [6, 6.07) is 6.69. The van der Waals surface area contributed by atoms with Crippen LogP contribution in [0, 0.1) is 0 Å². The second-order valence-corrected chi connectivity index (χ2v) is 6.42. The zero-order chi connectivity index (χ0) is 17.0. The minimum atomic E-state index is -1.01. The molecule has 7 heteroatoms. The van der Waals surface area contributed by atoms with Crippen molar-refractivity contribution in [1.82, 2.24) is 0 Å². The third-order valence-electron chi connectivity index (χ3n) is 3.73. The van der Waals surface area contributed by atoms with E-state index in [1.54, 1.807) is 18.2 Å². The number of hydrogen-bond acceptors (Lipinski definition) is 6. The molecule has 6 nitrogen and oxygen atoms in total. The van der Waals surface area contributed by atoms with Crippen molar-refractivity contribution in [3.8, 4) is 0 Å². The molecule has 0 bridgehead atoms. The van der Waals surface area contributed by atoms with Crippen molar-refractivity contribution < 1.29 is 29.0 Å². The van der Waals surface area contributed by atoms with Gasteiger partial charge in [-0.1, -0.05) is 25.1 Å². The molecule has 0 aromatic heterocycles. The van der Waals surface area contributed by atoms with Crippen LogP contribution >= 0.6 is 11.8 Å². The highest BCUT2D eigenvalue weighted by atomic mass is 32.2. The van der Waals surface area contributed by atoms with Crippen molar-refractivity contribution in [1.29, 1.82) is 0 Å². The minimum absolute atomic E-state index is 0.0481. The van der Waals surface area contributed by atoms with E-state index in [0.717, 1.165) is 0 Å². The van der Waals surface area contributed by atoms with Gasteiger partial charge >= 0.3 is 17.9 Å². The van der Waals surface area contributed by atoms with E-state index in [-0.39, 0.29) is 17.9 Å². The van der Waals surface area contributed by atoms with Gasteiger partial charge in [-0.05, 0) is 18.1 Å². The van der Waals surface area contributed by atoms with E-state index >= 15 is 0 Å². The molecule has 1 heterocycles. The van der Waals surface area contributed by atoms with E-state index in [9.17, 15) is 19.5 Å². The number of benzene rings is 1. The van der Waals surface area contributed by atoms with Crippen LogP contribution in [0.15, 0.2) is 24.3 Å². The van der Waals surface area contributed by atoms with Gasteiger partial charge in [0.25, 0.3) is 0 Å². The summed E-state index contributed by atoms with van der Waals surface area (Å²) in [4.78, 5) is 34.7. The molecular formula is C16H18O6S. The molecular weight excluding hydrogens is 320 g/mol. The summed E-state index contributed by atoms with van der Waals surface area (Å²) in [5, 5.41) is 8.72. The lowest BCUT2D eigenvalue weighted by Crippen LogP contribution is -2.19. The lowest BCUT2D eigenvalue weighted by Gasteiger charge is -2.22. The van der Waals surface area contributed by atoms with Crippen molar-refractivity contribution in [2.24, 2.45) is 0 Å². The van der Waals surface area contributed by atoms with Crippen LogP contribution in [0.4, 0.5) is 0 Å². The van der Waals surface area contributed by atoms with E-state index in [4.69, 9.17) is 4.74 Å². The van der Waals surface area contributed by atoms with Crippen LogP contribution in [0.3, 0.4) is 0 Å². The molecule has 0 aliphatic carbocycles. The molecule has 1 aromatic carbocycles. The zero-order valence-electron chi connectivity index (χ0n) is 12.9. The van der Waals surface area contributed by atoms with Crippen LogP contribution in [-0.2, 0) is 19.1 Å². The summed E-state index contributed by atoms with van der Waals surface area (Å²) in [6.45, 7) is 1.91. The molecule has 3 atom stereocenters.